The number of allylic oxidation sites excluding steroid dienone is 1. The lowest BCUT2D eigenvalue weighted by molar-refractivity contribution is 0.104. The maximum atomic E-state index is 13.9. The van der Waals surface area contributed by atoms with E-state index in [-0.39, 0.29) is 11.6 Å². The number of halogens is 1. The quantitative estimate of drug-likeness (QED) is 0.430. The Morgan fingerprint density at radius 1 is 1.11 bits per heavy atom. The summed E-state index contributed by atoms with van der Waals surface area (Å²) in [5.74, 6) is -0.441. The lowest BCUT2D eigenvalue weighted by atomic mass is 10.1. The van der Waals surface area contributed by atoms with Gasteiger partial charge in [0, 0.05) is 26.6 Å². The molecule has 1 saturated heterocycles. The van der Waals surface area contributed by atoms with Crippen molar-refractivity contribution in [2.75, 3.05) is 18.1 Å². The van der Waals surface area contributed by atoms with Crippen LogP contribution < -0.4 is 4.90 Å². The van der Waals surface area contributed by atoms with E-state index in [1.54, 1.807) is 48.5 Å². The third kappa shape index (κ3) is 3.73. The van der Waals surface area contributed by atoms with Crippen LogP contribution in [-0.2, 0) is 4.74 Å². The summed E-state index contributed by atoms with van der Waals surface area (Å²) in [4.78, 5) is 27.4. The van der Waals surface area contributed by atoms with E-state index in [0.717, 1.165) is 9.75 Å². The van der Waals surface area contributed by atoms with Crippen molar-refractivity contribution in [1.29, 1.82) is 0 Å². The number of nitrogens with zero attached hydrogens (tertiary/aromatic N) is 1. The van der Waals surface area contributed by atoms with Crippen molar-refractivity contribution < 1.29 is 18.7 Å². The molecular formula is C22H16FNO3S. The van der Waals surface area contributed by atoms with E-state index in [2.05, 4.69) is 0 Å². The van der Waals surface area contributed by atoms with E-state index < -0.39 is 6.09 Å². The van der Waals surface area contributed by atoms with Gasteiger partial charge in [0.2, 0.25) is 0 Å². The van der Waals surface area contributed by atoms with Crippen LogP contribution in [0.4, 0.5) is 14.9 Å². The SMILES string of the molecule is O=C(C=Cc1ccc(-c2ccccc2F)s1)c1cccc(N2CCOC2=O)c1. The molecule has 4 rings (SSSR count). The molecule has 0 spiro atoms. The van der Waals surface area contributed by atoms with Gasteiger partial charge in [-0.25, -0.2) is 9.18 Å². The molecule has 1 fully saturated rings. The highest BCUT2D eigenvalue weighted by atomic mass is 32.1. The van der Waals surface area contributed by atoms with Crippen molar-refractivity contribution >= 4 is 35.0 Å². The standard InChI is InChI=1S/C22H16FNO3S/c23-19-7-2-1-6-18(19)21-11-9-17(28-21)8-10-20(25)15-4-3-5-16(14-15)24-12-13-27-22(24)26/h1-11,14H,12-13H2. The number of carbonyl (C=O) groups excluding carboxylic acids is 2. The first-order valence-electron chi connectivity index (χ1n) is 8.73. The minimum atomic E-state index is -0.403. The van der Waals surface area contributed by atoms with Crippen LogP contribution in [0.1, 0.15) is 15.2 Å². The number of hydrogen-bond donors (Lipinski definition) is 0. The molecular weight excluding hydrogens is 377 g/mol. The van der Waals surface area contributed by atoms with E-state index in [1.165, 1.54) is 28.4 Å². The Morgan fingerprint density at radius 3 is 2.75 bits per heavy atom. The first kappa shape index (κ1) is 18.1. The lowest BCUT2D eigenvalue weighted by Crippen LogP contribution is -2.23. The van der Waals surface area contributed by atoms with Gasteiger partial charge in [-0.1, -0.05) is 30.3 Å². The maximum absolute atomic E-state index is 13.9. The Bertz CT molecular complexity index is 1070. The normalized spacial score (nSPS) is 13.9. The fourth-order valence-corrected chi connectivity index (χ4v) is 3.89. The molecule has 0 N–H and O–H groups in total. The minimum absolute atomic E-state index is 0.171. The van der Waals surface area contributed by atoms with E-state index in [9.17, 15) is 14.0 Å². The maximum Gasteiger partial charge on any atom is 0.414 e. The largest absolute Gasteiger partial charge is 0.447 e. The molecule has 0 aliphatic carbocycles. The van der Waals surface area contributed by atoms with Crippen LogP contribution in [0.25, 0.3) is 16.5 Å². The molecule has 2 aromatic carbocycles. The highest BCUT2D eigenvalue weighted by Gasteiger charge is 2.23. The predicted octanol–water partition coefficient (Wildman–Crippen LogP) is 5.41. The summed E-state index contributed by atoms with van der Waals surface area (Å²) >= 11 is 1.41. The van der Waals surface area contributed by atoms with Crippen molar-refractivity contribution in [1.82, 2.24) is 0 Å². The Morgan fingerprint density at radius 2 is 1.96 bits per heavy atom. The molecule has 1 aliphatic heterocycles. The van der Waals surface area contributed by atoms with E-state index >= 15 is 0 Å². The van der Waals surface area contributed by atoms with Crippen molar-refractivity contribution in [3.05, 3.63) is 83.0 Å². The van der Waals surface area contributed by atoms with Gasteiger partial charge in [-0.3, -0.25) is 9.69 Å². The molecule has 4 nitrogen and oxygen atoms in total. The summed E-state index contributed by atoms with van der Waals surface area (Å²) in [6.07, 6.45) is 2.80. The van der Waals surface area contributed by atoms with Crippen LogP contribution in [0.5, 0.6) is 0 Å². The van der Waals surface area contributed by atoms with Gasteiger partial charge in [0.15, 0.2) is 5.78 Å². The zero-order valence-electron chi connectivity index (χ0n) is 14.8. The number of ether oxygens (including phenoxy) is 1. The van der Waals surface area contributed by atoms with Crippen LogP contribution in [0.15, 0.2) is 66.7 Å². The predicted molar refractivity (Wildman–Crippen MR) is 108 cm³/mol. The molecule has 1 aliphatic rings. The molecule has 0 unspecified atom stereocenters. The second kappa shape index (κ2) is 7.78. The van der Waals surface area contributed by atoms with Gasteiger partial charge in [-0.15, -0.1) is 11.3 Å². The molecule has 0 atom stereocenters. The number of hydrogen-bond acceptors (Lipinski definition) is 4. The Balaban J connectivity index is 1.51. The van der Waals surface area contributed by atoms with Crippen LogP contribution in [0.2, 0.25) is 0 Å². The minimum Gasteiger partial charge on any atom is -0.447 e. The summed E-state index contributed by atoms with van der Waals surface area (Å²) in [6, 6.07) is 17.2. The molecule has 1 amide bonds. The van der Waals surface area contributed by atoms with Crippen LogP contribution in [0.3, 0.4) is 0 Å². The average Bonchev–Trinajstić information content (AvgIpc) is 3.35. The van der Waals surface area contributed by atoms with Gasteiger partial charge in [0.25, 0.3) is 0 Å². The molecule has 3 aromatic rings. The number of ketones is 1. The summed E-state index contributed by atoms with van der Waals surface area (Å²) in [5, 5.41) is 0. The first-order chi connectivity index (χ1) is 13.6. The van der Waals surface area contributed by atoms with Crippen LogP contribution in [0, 0.1) is 5.82 Å². The number of amides is 1. The Kier molecular flexibility index (Phi) is 5.04. The molecule has 6 heteroatoms. The van der Waals surface area contributed by atoms with Gasteiger partial charge in [-0.05, 0) is 42.5 Å². The second-order valence-corrected chi connectivity index (χ2v) is 7.31. The van der Waals surface area contributed by atoms with Gasteiger partial charge in [-0.2, -0.15) is 0 Å². The third-order valence-electron chi connectivity index (χ3n) is 4.37. The van der Waals surface area contributed by atoms with Crippen molar-refractivity contribution in [2.45, 2.75) is 0 Å². The van der Waals surface area contributed by atoms with Gasteiger partial charge < -0.3 is 4.74 Å². The van der Waals surface area contributed by atoms with E-state index in [0.29, 0.717) is 30.0 Å². The summed E-state index contributed by atoms with van der Waals surface area (Å²) in [5.41, 5.74) is 1.67. The zero-order chi connectivity index (χ0) is 19.5. The molecule has 0 bridgehead atoms. The van der Waals surface area contributed by atoms with Crippen LogP contribution in [-0.4, -0.2) is 25.0 Å². The zero-order valence-corrected chi connectivity index (χ0v) is 15.6. The molecule has 1 aromatic heterocycles. The molecule has 140 valence electrons. The molecule has 0 saturated carbocycles. The number of anilines is 1. The fraction of sp³-hybridized carbons (Fsp3) is 0.0909. The first-order valence-corrected chi connectivity index (χ1v) is 9.55. The van der Waals surface area contributed by atoms with Crippen molar-refractivity contribution in [3.63, 3.8) is 0 Å². The van der Waals surface area contributed by atoms with Crippen LogP contribution >= 0.6 is 11.3 Å². The smallest absolute Gasteiger partial charge is 0.414 e. The number of carbonyl (C=O) groups is 2. The number of cyclic esters (lactones) is 1. The summed E-state index contributed by atoms with van der Waals surface area (Å²) in [7, 11) is 0. The average molecular weight is 393 g/mol. The van der Waals surface area contributed by atoms with Crippen molar-refractivity contribution in [3.8, 4) is 10.4 Å². The molecule has 2 heterocycles. The monoisotopic (exact) mass is 393 g/mol. The molecule has 0 radical (unpaired) electrons. The van der Waals surface area contributed by atoms with Gasteiger partial charge in [0.1, 0.15) is 12.4 Å². The molecule has 28 heavy (non-hydrogen) atoms. The topological polar surface area (TPSA) is 46.6 Å². The number of rotatable bonds is 5. The third-order valence-corrected chi connectivity index (χ3v) is 5.45. The number of benzene rings is 2. The lowest BCUT2D eigenvalue weighted by Gasteiger charge is -2.13. The Hall–Kier alpha value is -3.25. The summed E-state index contributed by atoms with van der Waals surface area (Å²) < 4.78 is 18.8. The van der Waals surface area contributed by atoms with E-state index in [4.69, 9.17) is 4.74 Å². The summed E-state index contributed by atoms with van der Waals surface area (Å²) in [6.45, 7) is 0.819. The van der Waals surface area contributed by atoms with Gasteiger partial charge in [0.05, 0.1) is 6.54 Å². The Labute approximate surface area is 165 Å². The fourth-order valence-electron chi connectivity index (χ4n) is 2.96. The van der Waals surface area contributed by atoms with Crippen molar-refractivity contribution in [2.24, 2.45) is 0 Å². The van der Waals surface area contributed by atoms with E-state index in [1.807, 2.05) is 12.1 Å². The second-order valence-electron chi connectivity index (χ2n) is 6.20. The highest BCUT2D eigenvalue weighted by Crippen LogP contribution is 2.30. The van der Waals surface area contributed by atoms with Gasteiger partial charge >= 0.3 is 6.09 Å². The highest BCUT2D eigenvalue weighted by molar-refractivity contribution is 7.16. The number of thiophene rings is 1.